The van der Waals surface area contributed by atoms with E-state index in [1.54, 1.807) is 30.1 Å². The fourth-order valence-electron chi connectivity index (χ4n) is 1.23. The highest BCUT2D eigenvalue weighted by molar-refractivity contribution is 6.42. The molecule has 2 amide bonds. The highest BCUT2D eigenvalue weighted by atomic mass is 35.5. The Hall–Kier alpha value is -0.930. The summed E-state index contributed by atoms with van der Waals surface area (Å²) in [6.07, 6.45) is 0.922. The molecule has 0 unspecified atom stereocenters. The van der Waals surface area contributed by atoms with Crippen LogP contribution in [0.5, 0.6) is 0 Å². The van der Waals surface area contributed by atoms with Gasteiger partial charge in [-0.2, -0.15) is 0 Å². The minimum atomic E-state index is -0.153. The molecule has 16 heavy (non-hydrogen) atoms. The molecule has 0 fully saturated rings. The number of urea groups is 1. The van der Waals surface area contributed by atoms with Gasteiger partial charge in [0.15, 0.2) is 0 Å². The summed E-state index contributed by atoms with van der Waals surface area (Å²) in [7, 11) is 1.75. The number of carbonyl (C=O) groups excluding carboxylic acids is 1. The molecule has 5 heteroatoms. The molecule has 88 valence electrons. The SMILES string of the molecule is CCCN(C)C(=O)Nc1ccc(Cl)c(Cl)c1. The highest BCUT2D eigenvalue weighted by Crippen LogP contribution is 2.25. The van der Waals surface area contributed by atoms with Crippen molar-refractivity contribution in [2.24, 2.45) is 0 Å². The van der Waals surface area contributed by atoms with Crippen LogP contribution in [-0.2, 0) is 0 Å². The summed E-state index contributed by atoms with van der Waals surface area (Å²) >= 11 is 11.6. The molecule has 0 heterocycles. The molecule has 1 aromatic carbocycles. The van der Waals surface area contributed by atoms with Gasteiger partial charge in [-0.15, -0.1) is 0 Å². The van der Waals surface area contributed by atoms with Gasteiger partial charge in [-0.1, -0.05) is 30.1 Å². The van der Waals surface area contributed by atoms with E-state index in [1.807, 2.05) is 6.92 Å². The lowest BCUT2D eigenvalue weighted by molar-refractivity contribution is 0.222. The largest absolute Gasteiger partial charge is 0.328 e. The Labute approximate surface area is 105 Å². The summed E-state index contributed by atoms with van der Waals surface area (Å²) in [5.41, 5.74) is 0.641. The van der Waals surface area contributed by atoms with Crippen LogP contribution in [0.25, 0.3) is 0 Å². The van der Waals surface area contributed by atoms with E-state index in [-0.39, 0.29) is 6.03 Å². The van der Waals surface area contributed by atoms with E-state index in [9.17, 15) is 4.79 Å². The van der Waals surface area contributed by atoms with Gasteiger partial charge < -0.3 is 10.2 Å². The summed E-state index contributed by atoms with van der Waals surface area (Å²) in [6, 6.07) is 4.84. The van der Waals surface area contributed by atoms with E-state index in [0.717, 1.165) is 6.42 Å². The van der Waals surface area contributed by atoms with Crippen molar-refractivity contribution in [3.8, 4) is 0 Å². The van der Waals surface area contributed by atoms with Gasteiger partial charge in [0.25, 0.3) is 0 Å². The lowest BCUT2D eigenvalue weighted by Crippen LogP contribution is -2.31. The molecule has 3 nitrogen and oxygen atoms in total. The fourth-order valence-corrected chi connectivity index (χ4v) is 1.53. The third-order valence-electron chi connectivity index (χ3n) is 2.08. The first-order chi connectivity index (χ1) is 7.54. The van der Waals surface area contributed by atoms with Crippen molar-refractivity contribution in [1.82, 2.24) is 4.90 Å². The molecule has 0 atom stereocenters. The van der Waals surface area contributed by atoms with E-state index >= 15 is 0 Å². The first-order valence-corrected chi connectivity index (χ1v) is 5.77. The number of anilines is 1. The molecule has 1 N–H and O–H groups in total. The zero-order chi connectivity index (χ0) is 12.1. The molecule has 0 aromatic heterocycles. The minimum absolute atomic E-state index is 0.153. The number of carbonyl (C=O) groups is 1. The molecule has 0 aliphatic heterocycles. The van der Waals surface area contributed by atoms with Gasteiger partial charge in [0, 0.05) is 19.3 Å². The lowest BCUT2D eigenvalue weighted by Gasteiger charge is -2.17. The average Bonchev–Trinajstić information content (AvgIpc) is 2.24. The van der Waals surface area contributed by atoms with Crippen LogP contribution in [0, 0.1) is 0 Å². The average molecular weight is 261 g/mol. The van der Waals surface area contributed by atoms with Gasteiger partial charge in [0.1, 0.15) is 0 Å². The van der Waals surface area contributed by atoms with Crippen molar-refractivity contribution in [1.29, 1.82) is 0 Å². The maximum absolute atomic E-state index is 11.6. The molecule has 0 aliphatic carbocycles. The molecule has 1 rings (SSSR count). The van der Waals surface area contributed by atoms with E-state index in [4.69, 9.17) is 23.2 Å². The fraction of sp³-hybridized carbons (Fsp3) is 0.364. The number of rotatable bonds is 3. The molecule has 0 radical (unpaired) electrons. The van der Waals surface area contributed by atoms with Crippen LogP contribution in [-0.4, -0.2) is 24.5 Å². The number of nitrogens with one attached hydrogen (secondary N) is 1. The smallest absolute Gasteiger partial charge is 0.321 e. The molecular formula is C11H14Cl2N2O. The molecule has 0 spiro atoms. The van der Waals surface area contributed by atoms with Crippen molar-refractivity contribution in [3.05, 3.63) is 28.2 Å². The third-order valence-corrected chi connectivity index (χ3v) is 2.82. The zero-order valence-electron chi connectivity index (χ0n) is 9.26. The molecule has 0 saturated heterocycles. The normalized spacial score (nSPS) is 10.0. The second kappa shape index (κ2) is 5.97. The van der Waals surface area contributed by atoms with E-state index in [2.05, 4.69) is 5.32 Å². The van der Waals surface area contributed by atoms with E-state index in [1.165, 1.54) is 0 Å². The summed E-state index contributed by atoms with van der Waals surface area (Å²) in [5, 5.41) is 3.64. The molecule has 0 bridgehead atoms. The van der Waals surface area contributed by atoms with Gasteiger partial charge in [-0.25, -0.2) is 4.79 Å². The molecule has 0 aliphatic rings. The standard InChI is InChI=1S/C11H14Cl2N2O/c1-3-6-15(2)11(16)14-8-4-5-9(12)10(13)7-8/h4-5,7H,3,6H2,1-2H3,(H,14,16). The molecular weight excluding hydrogens is 247 g/mol. The molecule has 0 saturated carbocycles. The summed E-state index contributed by atoms with van der Waals surface area (Å²) in [4.78, 5) is 13.3. The Kier molecular flexibility index (Phi) is 4.90. The van der Waals surface area contributed by atoms with Gasteiger partial charge in [-0.3, -0.25) is 0 Å². The van der Waals surface area contributed by atoms with Crippen molar-refractivity contribution < 1.29 is 4.79 Å². The maximum atomic E-state index is 11.6. The lowest BCUT2D eigenvalue weighted by atomic mass is 10.3. The van der Waals surface area contributed by atoms with Crippen LogP contribution in [0.3, 0.4) is 0 Å². The van der Waals surface area contributed by atoms with Gasteiger partial charge in [-0.05, 0) is 24.6 Å². The molecule has 1 aromatic rings. The number of hydrogen-bond donors (Lipinski definition) is 1. The van der Waals surface area contributed by atoms with Crippen LogP contribution < -0.4 is 5.32 Å². The van der Waals surface area contributed by atoms with Crippen molar-refractivity contribution in [2.45, 2.75) is 13.3 Å². The quantitative estimate of drug-likeness (QED) is 0.880. The van der Waals surface area contributed by atoms with E-state index < -0.39 is 0 Å². The first-order valence-electron chi connectivity index (χ1n) is 5.01. The van der Waals surface area contributed by atoms with Gasteiger partial charge in [0.05, 0.1) is 10.0 Å². The van der Waals surface area contributed by atoms with Crippen LogP contribution in [0.1, 0.15) is 13.3 Å². The van der Waals surface area contributed by atoms with Crippen LogP contribution >= 0.6 is 23.2 Å². The van der Waals surface area contributed by atoms with Crippen LogP contribution in [0.15, 0.2) is 18.2 Å². The van der Waals surface area contributed by atoms with Crippen molar-refractivity contribution in [3.63, 3.8) is 0 Å². The number of hydrogen-bond acceptors (Lipinski definition) is 1. The summed E-state index contributed by atoms with van der Waals surface area (Å²) in [6.45, 7) is 2.73. The summed E-state index contributed by atoms with van der Waals surface area (Å²) in [5.74, 6) is 0. The number of nitrogens with zero attached hydrogens (tertiary/aromatic N) is 1. The van der Waals surface area contributed by atoms with E-state index in [0.29, 0.717) is 22.3 Å². The predicted molar refractivity (Wildman–Crippen MR) is 68.4 cm³/mol. The monoisotopic (exact) mass is 260 g/mol. The number of amides is 2. The number of halogens is 2. The second-order valence-electron chi connectivity index (χ2n) is 3.48. The summed E-state index contributed by atoms with van der Waals surface area (Å²) < 4.78 is 0. The zero-order valence-corrected chi connectivity index (χ0v) is 10.8. The third kappa shape index (κ3) is 3.58. The highest BCUT2D eigenvalue weighted by Gasteiger charge is 2.08. The van der Waals surface area contributed by atoms with Crippen LogP contribution in [0.4, 0.5) is 10.5 Å². The van der Waals surface area contributed by atoms with Gasteiger partial charge in [0.2, 0.25) is 0 Å². The Bertz CT molecular complexity index is 382. The Morgan fingerprint density at radius 3 is 2.62 bits per heavy atom. The van der Waals surface area contributed by atoms with Crippen molar-refractivity contribution in [2.75, 3.05) is 18.9 Å². The Morgan fingerprint density at radius 1 is 1.38 bits per heavy atom. The van der Waals surface area contributed by atoms with Gasteiger partial charge >= 0.3 is 6.03 Å². The maximum Gasteiger partial charge on any atom is 0.321 e. The minimum Gasteiger partial charge on any atom is -0.328 e. The first kappa shape index (κ1) is 13.1. The van der Waals surface area contributed by atoms with Crippen molar-refractivity contribution >= 4 is 34.9 Å². The van der Waals surface area contributed by atoms with Crippen LogP contribution in [0.2, 0.25) is 10.0 Å². The second-order valence-corrected chi connectivity index (χ2v) is 4.29. The Balaban J connectivity index is 2.66. The predicted octanol–water partition coefficient (Wildman–Crippen LogP) is 3.87. The topological polar surface area (TPSA) is 32.3 Å². The number of benzene rings is 1. The Morgan fingerprint density at radius 2 is 2.06 bits per heavy atom.